The fourth-order valence-corrected chi connectivity index (χ4v) is 4.49. The molecule has 2 heterocycles. The maximum Gasteiger partial charge on any atom is 0.281 e. The summed E-state index contributed by atoms with van der Waals surface area (Å²) in [6.07, 6.45) is 4.15. The average molecular weight is 310 g/mol. The van der Waals surface area contributed by atoms with Crippen molar-refractivity contribution in [3.8, 4) is 0 Å². The third-order valence-corrected chi connectivity index (χ3v) is 6.33. The zero-order valence-electron chi connectivity index (χ0n) is 11.6. The Balaban J connectivity index is 1.91. The third kappa shape index (κ3) is 3.61. The molecule has 0 aliphatic carbocycles. The minimum absolute atomic E-state index is 0.415. The van der Waals surface area contributed by atoms with Crippen molar-refractivity contribution in [2.45, 2.75) is 31.7 Å². The van der Waals surface area contributed by atoms with Crippen molar-refractivity contribution < 1.29 is 8.42 Å². The molecule has 5 nitrogen and oxygen atoms in total. The van der Waals surface area contributed by atoms with Crippen LogP contribution in [0.15, 0.2) is 0 Å². The second-order valence-electron chi connectivity index (χ2n) is 5.42. The molecule has 1 unspecified atom stereocenters. The van der Waals surface area contributed by atoms with Crippen LogP contribution in [0.4, 0.5) is 0 Å². The maximum absolute atomic E-state index is 12.4. The molecule has 0 aromatic carbocycles. The van der Waals surface area contributed by atoms with E-state index in [0.717, 1.165) is 19.5 Å². The second kappa shape index (κ2) is 6.72. The number of alkyl halides is 1. The first-order valence-corrected chi connectivity index (χ1v) is 9.00. The Morgan fingerprint density at radius 1 is 1.26 bits per heavy atom. The van der Waals surface area contributed by atoms with Crippen molar-refractivity contribution >= 4 is 21.8 Å². The Morgan fingerprint density at radius 3 is 2.58 bits per heavy atom. The highest BCUT2D eigenvalue weighted by Gasteiger charge is 2.36. The van der Waals surface area contributed by atoms with Gasteiger partial charge < -0.3 is 0 Å². The summed E-state index contributed by atoms with van der Waals surface area (Å²) in [6.45, 7) is 4.04. The SMILES string of the molecule is CN(CCCCl)S(=O)(=O)N1CCC(N2CCCC2)C1. The fraction of sp³-hybridized carbons (Fsp3) is 1.00. The molecule has 0 aromatic heterocycles. The standard InChI is InChI=1S/C12H24ClN3O2S/c1-14(7-4-6-13)19(17,18)16-10-5-12(11-16)15-8-2-3-9-15/h12H,2-11H2,1H3. The number of hydrogen-bond acceptors (Lipinski definition) is 3. The van der Waals surface area contributed by atoms with Gasteiger partial charge in [-0.25, -0.2) is 0 Å². The molecule has 2 rings (SSSR count). The minimum Gasteiger partial charge on any atom is -0.299 e. The monoisotopic (exact) mass is 309 g/mol. The fourth-order valence-electron chi connectivity index (χ4n) is 2.92. The predicted octanol–water partition coefficient (Wildman–Crippen LogP) is 0.962. The quantitative estimate of drug-likeness (QED) is 0.687. The molecule has 7 heteroatoms. The van der Waals surface area contributed by atoms with Crippen molar-refractivity contribution in [2.75, 3.05) is 45.7 Å². The lowest BCUT2D eigenvalue weighted by molar-refractivity contribution is 0.249. The predicted molar refractivity (Wildman–Crippen MR) is 77.7 cm³/mol. The topological polar surface area (TPSA) is 43.9 Å². The lowest BCUT2D eigenvalue weighted by Crippen LogP contribution is -2.43. The van der Waals surface area contributed by atoms with E-state index in [1.807, 2.05) is 0 Å². The van der Waals surface area contributed by atoms with Gasteiger partial charge in [-0.2, -0.15) is 17.0 Å². The van der Waals surface area contributed by atoms with Gasteiger partial charge in [-0.3, -0.25) is 4.90 Å². The molecule has 2 aliphatic heterocycles. The van der Waals surface area contributed by atoms with E-state index in [0.29, 0.717) is 38.0 Å². The Hall–Kier alpha value is 0.120. The summed E-state index contributed by atoms with van der Waals surface area (Å²) in [5, 5.41) is 0. The smallest absolute Gasteiger partial charge is 0.281 e. The highest BCUT2D eigenvalue weighted by atomic mass is 35.5. The highest BCUT2D eigenvalue weighted by molar-refractivity contribution is 7.86. The third-order valence-electron chi connectivity index (χ3n) is 4.11. The van der Waals surface area contributed by atoms with Gasteiger partial charge in [0, 0.05) is 38.6 Å². The molecular weight excluding hydrogens is 286 g/mol. The van der Waals surface area contributed by atoms with Gasteiger partial charge in [0.05, 0.1) is 0 Å². The molecule has 2 aliphatic rings. The summed E-state index contributed by atoms with van der Waals surface area (Å²) >= 11 is 5.62. The van der Waals surface area contributed by atoms with Gasteiger partial charge in [0.25, 0.3) is 10.2 Å². The summed E-state index contributed by atoms with van der Waals surface area (Å²) in [5.41, 5.74) is 0. The maximum atomic E-state index is 12.4. The number of nitrogens with zero attached hydrogens (tertiary/aromatic N) is 3. The van der Waals surface area contributed by atoms with E-state index in [1.165, 1.54) is 17.1 Å². The van der Waals surface area contributed by atoms with E-state index < -0.39 is 10.2 Å². The van der Waals surface area contributed by atoms with Gasteiger partial charge >= 0.3 is 0 Å². The normalized spacial score (nSPS) is 26.6. The van der Waals surface area contributed by atoms with Crippen LogP contribution in [-0.2, 0) is 10.2 Å². The van der Waals surface area contributed by atoms with Crippen LogP contribution in [0.2, 0.25) is 0 Å². The summed E-state index contributed by atoms with van der Waals surface area (Å²) in [6, 6.07) is 0.415. The van der Waals surface area contributed by atoms with Crippen LogP contribution in [0, 0.1) is 0 Å². The Morgan fingerprint density at radius 2 is 1.95 bits per heavy atom. The first-order chi connectivity index (χ1) is 9.05. The summed E-state index contributed by atoms with van der Waals surface area (Å²) in [4.78, 5) is 2.44. The van der Waals surface area contributed by atoms with Crippen molar-refractivity contribution in [1.29, 1.82) is 0 Å². The average Bonchev–Trinajstić information content (AvgIpc) is 3.04. The van der Waals surface area contributed by atoms with Gasteiger partial charge in [-0.05, 0) is 38.8 Å². The molecule has 112 valence electrons. The second-order valence-corrected chi connectivity index (χ2v) is 7.83. The molecule has 0 N–H and O–H groups in total. The van der Waals surface area contributed by atoms with Crippen molar-refractivity contribution in [1.82, 2.24) is 13.5 Å². The molecule has 2 saturated heterocycles. The minimum atomic E-state index is -3.29. The van der Waals surface area contributed by atoms with E-state index in [2.05, 4.69) is 4.90 Å². The lowest BCUT2D eigenvalue weighted by atomic mass is 10.2. The molecule has 2 fully saturated rings. The van der Waals surface area contributed by atoms with Crippen LogP contribution >= 0.6 is 11.6 Å². The first kappa shape index (κ1) is 15.5. The van der Waals surface area contributed by atoms with Crippen LogP contribution in [-0.4, -0.2) is 73.6 Å². The molecule has 0 saturated carbocycles. The molecule has 0 radical (unpaired) electrons. The van der Waals surface area contributed by atoms with Gasteiger partial charge in [-0.15, -0.1) is 11.6 Å². The Bertz CT molecular complexity index is 384. The number of halogens is 1. The van der Waals surface area contributed by atoms with Gasteiger partial charge in [0.15, 0.2) is 0 Å². The summed E-state index contributed by atoms with van der Waals surface area (Å²) in [5.74, 6) is 0.496. The van der Waals surface area contributed by atoms with E-state index in [1.54, 1.807) is 11.4 Å². The zero-order valence-corrected chi connectivity index (χ0v) is 13.2. The van der Waals surface area contributed by atoms with Crippen molar-refractivity contribution in [2.24, 2.45) is 0 Å². The summed E-state index contributed by atoms with van der Waals surface area (Å²) in [7, 11) is -1.65. The van der Waals surface area contributed by atoms with E-state index >= 15 is 0 Å². The van der Waals surface area contributed by atoms with Gasteiger partial charge in [0.1, 0.15) is 0 Å². The van der Waals surface area contributed by atoms with Crippen LogP contribution in [0.25, 0.3) is 0 Å². The van der Waals surface area contributed by atoms with E-state index in [9.17, 15) is 8.42 Å². The number of hydrogen-bond donors (Lipinski definition) is 0. The Labute approximate surface area is 121 Å². The number of likely N-dealkylation sites (tertiary alicyclic amines) is 1. The zero-order chi connectivity index (χ0) is 13.9. The lowest BCUT2D eigenvalue weighted by Gasteiger charge is -2.26. The molecule has 0 aromatic rings. The van der Waals surface area contributed by atoms with Crippen LogP contribution in [0.3, 0.4) is 0 Å². The van der Waals surface area contributed by atoms with Crippen LogP contribution in [0.1, 0.15) is 25.7 Å². The van der Waals surface area contributed by atoms with Crippen LogP contribution < -0.4 is 0 Å². The molecule has 0 amide bonds. The first-order valence-electron chi connectivity index (χ1n) is 7.07. The highest BCUT2D eigenvalue weighted by Crippen LogP contribution is 2.23. The Kier molecular flexibility index (Phi) is 5.48. The molecule has 19 heavy (non-hydrogen) atoms. The largest absolute Gasteiger partial charge is 0.299 e. The molecular formula is C12H24ClN3O2S. The number of rotatable bonds is 6. The molecule has 0 spiro atoms. The van der Waals surface area contributed by atoms with Crippen molar-refractivity contribution in [3.63, 3.8) is 0 Å². The molecule has 0 bridgehead atoms. The van der Waals surface area contributed by atoms with Crippen molar-refractivity contribution in [3.05, 3.63) is 0 Å². The van der Waals surface area contributed by atoms with Gasteiger partial charge in [-0.1, -0.05) is 0 Å². The molecule has 1 atom stereocenters. The van der Waals surface area contributed by atoms with Crippen LogP contribution in [0.5, 0.6) is 0 Å². The van der Waals surface area contributed by atoms with E-state index in [4.69, 9.17) is 11.6 Å². The summed E-state index contributed by atoms with van der Waals surface area (Å²) < 4.78 is 27.8. The van der Waals surface area contributed by atoms with Gasteiger partial charge in [0.2, 0.25) is 0 Å². The van der Waals surface area contributed by atoms with E-state index in [-0.39, 0.29) is 0 Å².